The molecule has 0 aromatic carbocycles. The molecule has 0 atom stereocenters. The van der Waals surface area contributed by atoms with Crippen molar-refractivity contribution in [2.75, 3.05) is 26.2 Å². The normalized spacial score (nSPS) is 39.2. The third-order valence-corrected chi connectivity index (χ3v) is 4.65. The van der Waals surface area contributed by atoms with Crippen LogP contribution in [0.5, 0.6) is 0 Å². The van der Waals surface area contributed by atoms with E-state index in [1.165, 1.54) is 58.3 Å². The Morgan fingerprint density at radius 3 is 2.33 bits per heavy atom. The third kappa shape index (κ3) is 2.36. The molecule has 0 spiro atoms. The lowest BCUT2D eigenvalue weighted by atomic mass is 9.74. The molecule has 2 nitrogen and oxygen atoms in total. The zero-order chi connectivity index (χ0) is 10.7. The second-order valence-corrected chi connectivity index (χ2v) is 5.50. The maximum absolute atomic E-state index is 3.46. The van der Waals surface area contributed by atoms with E-state index in [1.54, 1.807) is 0 Å². The van der Waals surface area contributed by atoms with Crippen LogP contribution in [0.3, 0.4) is 0 Å². The lowest BCUT2D eigenvalue weighted by Gasteiger charge is -2.49. The molecule has 0 aromatic rings. The highest BCUT2D eigenvalue weighted by molar-refractivity contribution is 4.94. The zero-order valence-corrected chi connectivity index (χ0v) is 10.4. The van der Waals surface area contributed by atoms with Crippen LogP contribution in [0.2, 0.25) is 0 Å². The Hall–Kier alpha value is -0.0800. The fraction of sp³-hybridized carbons (Fsp3) is 1.00. The Bertz CT molecular complexity index is 189. The summed E-state index contributed by atoms with van der Waals surface area (Å²) >= 11 is 0. The molecule has 0 bridgehead atoms. The first-order chi connectivity index (χ1) is 7.27. The Kier molecular flexibility index (Phi) is 3.68. The van der Waals surface area contributed by atoms with Gasteiger partial charge in [0.2, 0.25) is 0 Å². The lowest BCUT2D eigenvalue weighted by Crippen LogP contribution is -2.57. The SMILES string of the molecule is CCC1(N2CCNCC2)CCC(C)CC1. The number of piperazine rings is 1. The minimum absolute atomic E-state index is 0.564. The van der Waals surface area contributed by atoms with Crippen LogP contribution in [0, 0.1) is 5.92 Å². The predicted molar refractivity (Wildman–Crippen MR) is 65.1 cm³/mol. The van der Waals surface area contributed by atoms with Gasteiger partial charge in [0, 0.05) is 31.7 Å². The molecule has 15 heavy (non-hydrogen) atoms. The molecule has 0 unspecified atom stereocenters. The molecule has 2 rings (SSSR count). The molecule has 2 fully saturated rings. The van der Waals surface area contributed by atoms with Gasteiger partial charge < -0.3 is 5.32 Å². The van der Waals surface area contributed by atoms with Gasteiger partial charge in [-0.2, -0.15) is 0 Å². The highest BCUT2D eigenvalue weighted by atomic mass is 15.2. The van der Waals surface area contributed by atoms with Gasteiger partial charge in [-0.15, -0.1) is 0 Å². The van der Waals surface area contributed by atoms with Gasteiger partial charge >= 0.3 is 0 Å². The molecule has 1 aliphatic carbocycles. The molecule has 1 heterocycles. The fourth-order valence-corrected chi connectivity index (χ4v) is 3.33. The van der Waals surface area contributed by atoms with Gasteiger partial charge in [-0.05, 0) is 38.0 Å². The number of nitrogens with one attached hydrogen (secondary N) is 1. The van der Waals surface area contributed by atoms with E-state index in [0.717, 1.165) is 5.92 Å². The van der Waals surface area contributed by atoms with Gasteiger partial charge in [-0.25, -0.2) is 0 Å². The maximum Gasteiger partial charge on any atom is 0.0208 e. The standard InChI is InChI=1S/C13H26N2/c1-3-13(6-4-12(2)5-7-13)15-10-8-14-9-11-15/h12,14H,3-11H2,1-2H3. The van der Waals surface area contributed by atoms with E-state index >= 15 is 0 Å². The average molecular weight is 210 g/mol. The molecule has 1 aliphatic heterocycles. The molecule has 88 valence electrons. The fourth-order valence-electron chi connectivity index (χ4n) is 3.33. The van der Waals surface area contributed by atoms with Crippen molar-refractivity contribution >= 4 is 0 Å². The minimum atomic E-state index is 0.564. The first-order valence-corrected chi connectivity index (χ1v) is 6.72. The maximum atomic E-state index is 3.46. The second-order valence-electron chi connectivity index (χ2n) is 5.50. The summed E-state index contributed by atoms with van der Waals surface area (Å²) in [6, 6.07) is 0. The van der Waals surface area contributed by atoms with E-state index < -0.39 is 0 Å². The highest BCUT2D eigenvalue weighted by Crippen LogP contribution is 2.38. The van der Waals surface area contributed by atoms with Gasteiger partial charge in [0.25, 0.3) is 0 Å². The quantitative estimate of drug-likeness (QED) is 0.752. The van der Waals surface area contributed by atoms with Gasteiger partial charge in [0.1, 0.15) is 0 Å². The van der Waals surface area contributed by atoms with Crippen molar-refractivity contribution in [3.8, 4) is 0 Å². The van der Waals surface area contributed by atoms with Crippen molar-refractivity contribution in [3.63, 3.8) is 0 Å². The van der Waals surface area contributed by atoms with Crippen molar-refractivity contribution < 1.29 is 0 Å². The Labute approximate surface area is 94.4 Å². The van der Waals surface area contributed by atoms with E-state index in [9.17, 15) is 0 Å². The van der Waals surface area contributed by atoms with Crippen LogP contribution in [0.4, 0.5) is 0 Å². The summed E-state index contributed by atoms with van der Waals surface area (Å²) in [7, 11) is 0. The Morgan fingerprint density at radius 2 is 1.80 bits per heavy atom. The summed E-state index contributed by atoms with van der Waals surface area (Å²) in [6.45, 7) is 9.72. The molecule has 0 amide bonds. The van der Waals surface area contributed by atoms with E-state index in [0.29, 0.717) is 5.54 Å². The molecule has 2 aliphatic rings. The summed E-state index contributed by atoms with van der Waals surface area (Å²) < 4.78 is 0. The van der Waals surface area contributed by atoms with Crippen LogP contribution < -0.4 is 5.32 Å². The minimum Gasteiger partial charge on any atom is -0.314 e. The summed E-state index contributed by atoms with van der Waals surface area (Å²) in [5.41, 5.74) is 0.564. The molecule has 2 heteroatoms. The van der Waals surface area contributed by atoms with Gasteiger partial charge in [0.05, 0.1) is 0 Å². The van der Waals surface area contributed by atoms with Crippen molar-refractivity contribution in [1.82, 2.24) is 10.2 Å². The molecule has 0 aromatic heterocycles. The van der Waals surface area contributed by atoms with E-state index in [4.69, 9.17) is 0 Å². The van der Waals surface area contributed by atoms with E-state index in [2.05, 4.69) is 24.1 Å². The van der Waals surface area contributed by atoms with E-state index in [-0.39, 0.29) is 0 Å². The topological polar surface area (TPSA) is 15.3 Å². The summed E-state index contributed by atoms with van der Waals surface area (Å²) in [4.78, 5) is 2.77. The summed E-state index contributed by atoms with van der Waals surface area (Å²) in [5, 5.41) is 3.46. The zero-order valence-electron chi connectivity index (χ0n) is 10.4. The van der Waals surface area contributed by atoms with Crippen LogP contribution in [-0.4, -0.2) is 36.6 Å². The first-order valence-electron chi connectivity index (χ1n) is 6.72. The summed E-state index contributed by atoms with van der Waals surface area (Å²) in [6.07, 6.45) is 7.10. The van der Waals surface area contributed by atoms with Crippen LogP contribution >= 0.6 is 0 Å². The molecule has 1 N–H and O–H groups in total. The van der Waals surface area contributed by atoms with Crippen molar-refractivity contribution in [1.29, 1.82) is 0 Å². The Morgan fingerprint density at radius 1 is 1.20 bits per heavy atom. The Balaban J connectivity index is 2.00. The van der Waals surface area contributed by atoms with Crippen LogP contribution in [0.25, 0.3) is 0 Å². The number of hydrogen-bond donors (Lipinski definition) is 1. The number of rotatable bonds is 2. The average Bonchev–Trinajstić information content (AvgIpc) is 2.32. The molecule has 1 saturated carbocycles. The van der Waals surface area contributed by atoms with Crippen LogP contribution in [0.15, 0.2) is 0 Å². The van der Waals surface area contributed by atoms with E-state index in [1.807, 2.05) is 0 Å². The number of nitrogens with zero attached hydrogens (tertiary/aromatic N) is 1. The van der Waals surface area contributed by atoms with Crippen LogP contribution in [-0.2, 0) is 0 Å². The molecular weight excluding hydrogens is 184 g/mol. The van der Waals surface area contributed by atoms with Crippen LogP contribution in [0.1, 0.15) is 46.0 Å². The highest BCUT2D eigenvalue weighted by Gasteiger charge is 2.37. The predicted octanol–water partition coefficient (Wildman–Crippen LogP) is 2.25. The van der Waals surface area contributed by atoms with Gasteiger partial charge in [0.15, 0.2) is 0 Å². The van der Waals surface area contributed by atoms with Crippen molar-refractivity contribution in [2.24, 2.45) is 5.92 Å². The van der Waals surface area contributed by atoms with Crippen molar-refractivity contribution in [3.05, 3.63) is 0 Å². The summed E-state index contributed by atoms with van der Waals surface area (Å²) in [5.74, 6) is 0.965. The second kappa shape index (κ2) is 4.84. The lowest BCUT2D eigenvalue weighted by molar-refractivity contribution is 0.0251. The monoisotopic (exact) mass is 210 g/mol. The van der Waals surface area contributed by atoms with Gasteiger partial charge in [-0.3, -0.25) is 4.90 Å². The molecular formula is C13H26N2. The van der Waals surface area contributed by atoms with Crippen molar-refractivity contribution in [2.45, 2.75) is 51.5 Å². The smallest absolute Gasteiger partial charge is 0.0208 e. The number of hydrogen-bond acceptors (Lipinski definition) is 2. The van der Waals surface area contributed by atoms with Gasteiger partial charge in [-0.1, -0.05) is 13.8 Å². The largest absolute Gasteiger partial charge is 0.314 e. The molecule has 0 radical (unpaired) electrons. The molecule has 1 saturated heterocycles. The first kappa shape index (κ1) is 11.4. The third-order valence-electron chi connectivity index (χ3n) is 4.65.